The molecule has 1 aliphatic rings. The fraction of sp³-hybridized carbons (Fsp3) is 0.500. The molecule has 1 aromatic heterocycles. The Morgan fingerprint density at radius 2 is 2.41 bits per heavy atom. The van der Waals surface area contributed by atoms with Crippen LogP contribution in [0, 0.1) is 5.92 Å². The zero-order valence-corrected chi connectivity index (χ0v) is 9.60. The van der Waals surface area contributed by atoms with E-state index in [2.05, 4.69) is 10.3 Å². The van der Waals surface area contributed by atoms with Gasteiger partial charge in [0.15, 0.2) is 5.69 Å². The molecule has 2 unspecified atom stereocenters. The van der Waals surface area contributed by atoms with Crippen LogP contribution in [-0.4, -0.2) is 28.6 Å². The number of aliphatic hydroxyl groups is 1. The first kappa shape index (κ1) is 11.9. The maximum absolute atomic E-state index is 11.9. The summed E-state index contributed by atoms with van der Waals surface area (Å²) in [5, 5.41) is 12.1. The van der Waals surface area contributed by atoms with Crippen LogP contribution in [0.15, 0.2) is 18.3 Å². The topological polar surface area (TPSA) is 88.2 Å². The van der Waals surface area contributed by atoms with Crippen LogP contribution in [0.5, 0.6) is 0 Å². The van der Waals surface area contributed by atoms with Crippen LogP contribution in [0.3, 0.4) is 0 Å². The van der Waals surface area contributed by atoms with E-state index < -0.39 is 0 Å². The number of hydrogen-bond acceptors (Lipinski definition) is 4. The van der Waals surface area contributed by atoms with E-state index >= 15 is 0 Å². The van der Waals surface area contributed by atoms with Crippen molar-refractivity contribution in [1.29, 1.82) is 0 Å². The summed E-state index contributed by atoms with van der Waals surface area (Å²) in [5.41, 5.74) is 6.33. The third-order valence-corrected chi connectivity index (χ3v) is 3.26. The zero-order valence-electron chi connectivity index (χ0n) is 9.60. The van der Waals surface area contributed by atoms with Crippen LogP contribution in [0.25, 0.3) is 0 Å². The van der Waals surface area contributed by atoms with Crippen molar-refractivity contribution in [3.05, 3.63) is 24.0 Å². The van der Waals surface area contributed by atoms with E-state index in [1.165, 1.54) is 0 Å². The monoisotopic (exact) mass is 235 g/mol. The summed E-state index contributed by atoms with van der Waals surface area (Å²) < 4.78 is 0. The molecule has 1 fully saturated rings. The van der Waals surface area contributed by atoms with Crippen molar-refractivity contribution in [1.82, 2.24) is 10.3 Å². The first-order valence-electron chi connectivity index (χ1n) is 5.84. The predicted octanol–water partition coefficient (Wildman–Crippen LogP) is 0.555. The number of amides is 1. The second kappa shape index (κ2) is 5.14. The number of carbonyl (C=O) groups is 1. The van der Waals surface area contributed by atoms with Crippen molar-refractivity contribution in [3.63, 3.8) is 0 Å². The van der Waals surface area contributed by atoms with E-state index in [0.29, 0.717) is 5.69 Å². The highest BCUT2D eigenvalue weighted by Gasteiger charge is 2.28. The number of aromatic nitrogens is 1. The Morgan fingerprint density at radius 3 is 3.12 bits per heavy atom. The van der Waals surface area contributed by atoms with E-state index in [-0.39, 0.29) is 30.2 Å². The predicted molar refractivity (Wildman–Crippen MR) is 64.3 cm³/mol. The Hall–Kier alpha value is -1.62. The molecular formula is C12H17N3O2. The fourth-order valence-corrected chi connectivity index (χ4v) is 2.29. The number of anilines is 1. The molecule has 0 saturated heterocycles. The SMILES string of the molecule is Nc1cccnc1C(=O)NC1CCCC1CO. The second-order valence-electron chi connectivity index (χ2n) is 4.39. The lowest BCUT2D eigenvalue weighted by molar-refractivity contribution is 0.0912. The average Bonchev–Trinajstić information content (AvgIpc) is 2.76. The van der Waals surface area contributed by atoms with Crippen molar-refractivity contribution in [2.45, 2.75) is 25.3 Å². The molecule has 1 aromatic rings. The normalized spacial score (nSPS) is 23.6. The van der Waals surface area contributed by atoms with Crippen LogP contribution in [-0.2, 0) is 0 Å². The third-order valence-electron chi connectivity index (χ3n) is 3.26. The Balaban J connectivity index is 2.04. The summed E-state index contributed by atoms with van der Waals surface area (Å²) in [5.74, 6) is -0.0997. The number of rotatable bonds is 3. The lowest BCUT2D eigenvalue weighted by Crippen LogP contribution is -2.39. The number of nitrogens with two attached hydrogens (primary N) is 1. The van der Waals surface area contributed by atoms with Crippen molar-refractivity contribution in [2.24, 2.45) is 5.92 Å². The number of carbonyl (C=O) groups excluding carboxylic acids is 1. The van der Waals surface area contributed by atoms with E-state index in [4.69, 9.17) is 5.73 Å². The van der Waals surface area contributed by atoms with Gasteiger partial charge in [0, 0.05) is 24.8 Å². The average molecular weight is 235 g/mol. The van der Waals surface area contributed by atoms with Crippen molar-refractivity contribution in [3.8, 4) is 0 Å². The Bertz CT molecular complexity index is 408. The number of nitrogens with one attached hydrogen (secondary N) is 1. The highest BCUT2D eigenvalue weighted by molar-refractivity contribution is 5.97. The molecular weight excluding hydrogens is 218 g/mol. The Kier molecular flexibility index (Phi) is 3.58. The number of pyridine rings is 1. The van der Waals surface area contributed by atoms with Gasteiger partial charge in [-0.1, -0.05) is 6.42 Å². The van der Waals surface area contributed by atoms with Gasteiger partial charge in [-0.2, -0.15) is 0 Å². The van der Waals surface area contributed by atoms with Crippen LogP contribution in [0.1, 0.15) is 29.8 Å². The molecule has 0 aromatic carbocycles. The summed E-state index contributed by atoms with van der Waals surface area (Å²) in [4.78, 5) is 15.9. The molecule has 1 saturated carbocycles. The largest absolute Gasteiger partial charge is 0.397 e. The maximum atomic E-state index is 11.9. The maximum Gasteiger partial charge on any atom is 0.272 e. The second-order valence-corrected chi connectivity index (χ2v) is 4.39. The van der Waals surface area contributed by atoms with Gasteiger partial charge in [0.1, 0.15) is 0 Å². The molecule has 1 amide bonds. The third kappa shape index (κ3) is 2.55. The molecule has 0 radical (unpaired) electrons. The molecule has 17 heavy (non-hydrogen) atoms. The fourth-order valence-electron chi connectivity index (χ4n) is 2.29. The Labute approximate surface area is 100 Å². The van der Waals surface area contributed by atoms with E-state index in [0.717, 1.165) is 19.3 Å². The quantitative estimate of drug-likeness (QED) is 0.714. The molecule has 5 nitrogen and oxygen atoms in total. The number of nitrogens with zero attached hydrogens (tertiary/aromatic N) is 1. The molecule has 1 aliphatic carbocycles. The van der Waals surface area contributed by atoms with Gasteiger partial charge >= 0.3 is 0 Å². The van der Waals surface area contributed by atoms with E-state index in [1.54, 1.807) is 18.3 Å². The molecule has 1 heterocycles. The van der Waals surface area contributed by atoms with Crippen LogP contribution in [0.4, 0.5) is 5.69 Å². The molecule has 0 spiro atoms. The first-order chi connectivity index (χ1) is 8.22. The van der Waals surface area contributed by atoms with Gasteiger partial charge in [-0.25, -0.2) is 4.98 Å². The van der Waals surface area contributed by atoms with Gasteiger partial charge in [0.25, 0.3) is 5.91 Å². The van der Waals surface area contributed by atoms with Gasteiger partial charge in [0.05, 0.1) is 5.69 Å². The van der Waals surface area contributed by atoms with E-state index in [1.807, 2.05) is 0 Å². The molecule has 2 atom stereocenters. The molecule has 92 valence electrons. The number of nitrogen functional groups attached to an aromatic ring is 1. The highest BCUT2D eigenvalue weighted by atomic mass is 16.3. The standard InChI is InChI=1S/C12H17N3O2/c13-9-4-2-6-14-11(9)12(17)15-10-5-1-3-8(10)7-16/h2,4,6,8,10,16H,1,3,5,7,13H2,(H,15,17). The molecule has 4 N–H and O–H groups in total. The van der Waals surface area contributed by atoms with Gasteiger partial charge in [-0.3, -0.25) is 4.79 Å². The lowest BCUT2D eigenvalue weighted by Gasteiger charge is -2.19. The van der Waals surface area contributed by atoms with Crippen LogP contribution >= 0.6 is 0 Å². The summed E-state index contributed by atoms with van der Waals surface area (Å²) in [6.07, 6.45) is 4.44. The van der Waals surface area contributed by atoms with Crippen LogP contribution in [0.2, 0.25) is 0 Å². The molecule has 0 aliphatic heterocycles. The summed E-state index contributed by atoms with van der Waals surface area (Å²) in [7, 11) is 0. The molecule has 5 heteroatoms. The minimum atomic E-state index is -0.256. The molecule has 2 rings (SSSR count). The number of aliphatic hydroxyl groups excluding tert-OH is 1. The zero-order chi connectivity index (χ0) is 12.3. The number of hydrogen-bond donors (Lipinski definition) is 3. The smallest absolute Gasteiger partial charge is 0.272 e. The van der Waals surface area contributed by atoms with Gasteiger partial charge < -0.3 is 16.2 Å². The first-order valence-corrected chi connectivity index (χ1v) is 5.84. The van der Waals surface area contributed by atoms with Gasteiger partial charge in [0.2, 0.25) is 0 Å². The van der Waals surface area contributed by atoms with Crippen molar-refractivity contribution < 1.29 is 9.90 Å². The Morgan fingerprint density at radius 1 is 1.59 bits per heavy atom. The summed E-state index contributed by atoms with van der Waals surface area (Å²) in [6.45, 7) is 0.114. The van der Waals surface area contributed by atoms with Crippen LogP contribution < -0.4 is 11.1 Å². The summed E-state index contributed by atoms with van der Waals surface area (Å²) in [6, 6.07) is 3.38. The van der Waals surface area contributed by atoms with Gasteiger partial charge in [-0.15, -0.1) is 0 Å². The highest BCUT2D eigenvalue weighted by Crippen LogP contribution is 2.25. The molecule has 0 bridgehead atoms. The van der Waals surface area contributed by atoms with Crippen molar-refractivity contribution >= 4 is 11.6 Å². The van der Waals surface area contributed by atoms with E-state index in [9.17, 15) is 9.90 Å². The lowest BCUT2D eigenvalue weighted by atomic mass is 10.0. The van der Waals surface area contributed by atoms with Gasteiger partial charge in [-0.05, 0) is 25.0 Å². The van der Waals surface area contributed by atoms with Crippen molar-refractivity contribution in [2.75, 3.05) is 12.3 Å². The minimum absolute atomic E-state index is 0.0360. The summed E-state index contributed by atoms with van der Waals surface area (Å²) >= 11 is 0. The minimum Gasteiger partial charge on any atom is -0.397 e.